The van der Waals surface area contributed by atoms with E-state index in [9.17, 15) is 9.59 Å². The molecule has 0 saturated carbocycles. The molecule has 0 aliphatic rings. The molecule has 6 nitrogen and oxygen atoms in total. The van der Waals surface area contributed by atoms with Crippen LogP contribution in [-0.2, 0) is 9.53 Å². The van der Waals surface area contributed by atoms with Gasteiger partial charge in [-0.25, -0.2) is 4.79 Å². The minimum Gasteiger partial charge on any atom is -0.491 e. The molecule has 0 aliphatic carbocycles. The number of esters is 1. The first kappa shape index (κ1) is 16.0. The maximum Gasteiger partial charge on any atom is 0.338 e. The van der Waals surface area contributed by atoms with Crippen LogP contribution in [0.1, 0.15) is 24.2 Å². The summed E-state index contributed by atoms with van der Waals surface area (Å²) in [6, 6.07) is 6.19. The highest BCUT2D eigenvalue weighted by Gasteiger charge is 2.29. The lowest BCUT2D eigenvalue weighted by atomic mass is 9.95. The van der Waals surface area contributed by atoms with E-state index in [1.54, 1.807) is 12.1 Å². The molecular formula is C14H18O6. The second-order valence-corrected chi connectivity index (χ2v) is 4.86. The standard InChI is InChI=1S/C14H18O6/c1-14(2,13(17)18)9-20-12(16)10-3-5-11(6-4-10)19-8-7-15/h3-6,15H,7-9H2,1-2H3,(H,17,18). The van der Waals surface area contributed by atoms with Gasteiger partial charge < -0.3 is 19.7 Å². The predicted molar refractivity (Wildman–Crippen MR) is 70.7 cm³/mol. The third kappa shape index (κ3) is 4.55. The Morgan fingerprint density at radius 2 is 1.80 bits per heavy atom. The van der Waals surface area contributed by atoms with E-state index in [-0.39, 0.29) is 19.8 Å². The first-order chi connectivity index (χ1) is 9.36. The average molecular weight is 282 g/mol. The van der Waals surface area contributed by atoms with Crippen LogP contribution in [0.15, 0.2) is 24.3 Å². The Hall–Kier alpha value is -2.08. The van der Waals surface area contributed by atoms with Gasteiger partial charge in [0.25, 0.3) is 0 Å². The maximum atomic E-state index is 11.7. The molecule has 0 spiro atoms. The van der Waals surface area contributed by atoms with Gasteiger partial charge >= 0.3 is 11.9 Å². The van der Waals surface area contributed by atoms with Crippen LogP contribution in [0.2, 0.25) is 0 Å². The summed E-state index contributed by atoms with van der Waals surface area (Å²) in [4.78, 5) is 22.6. The lowest BCUT2D eigenvalue weighted by molar-refractivity contribution is -0.149. The fourth-order valence-corrected chi connectivity index (χ4v) is 1.24. The van der Waals surface area contributed by atoms with E-state index in [0.29, 0.717) is 11.3 Å². The van der Waals surface area contributed by atoms with Gasteiger partial charge in [-0.05, 0) is 38.1 Å². The van der Waals surface area contributed by atoms with Gasteiger partial charge in [0.1, 0.15) is 19.0 Å². The van der Waals surface area contributed by atoms with E-state index >= 15 is 0 Å². The van der Waals surface area contributed by atoms with E-state index in [0.717, 1.165) is 0 Å². The van der Waals surface area contributed by atoms with Crippen molar-refractivity contribution in [1.82, 2.24) is 0 Å². The Balaban J connectivity index is 2.58. The Morgan fingerprint density at radius 3 is 2.30 bits per heavy atom. The highest BCUT2D eigenvalue weighted by Crippen LogP contribution is 2.17. The van der Waals surface area contributed by atoms with E-state index in [1.165, 1.54) is 26.0 Å². The molecule has 0 fully saturated rings. The summed E-state index contributed by atoms with van der Waals surface area (Å²) in [5.41, 5.74) is -0.817. The van der Waals surface area contributed by atoms with Crippen LogP contribution < -0.4 is 4.74 Å². The lowest BCUT2D eigenvalue weighted by Gasteiger charge is -2.18. The minimum absolute atomic E-state index is 0.0892. The highest BCUT2D eigenvalue weighted by atomic mass is 16.5. The fourth-order valence-electron chi connectivity index (χ4n) is 1.24. The Kier molecular flexibility index (Phi) is 5.52. The van der Waals surface area contributed by atoms with Crippen LogP contribution in [-0.4, -0.2) is 42.0 Å². The maximum absolute atomic E-state index is 11.7. The van der Waals surface area contributed by atoms with E-state index in [2.05, 4.69) is 0 Å². The monoisotopic (exact) mass is 282 g/mol. The number of hydrogen-bond donors (Lipinski definition) is 2. The molecule has 0 radical (unpaired) electrons. The van der Waals surface area contributed by atoms with Crippen molar-refractivity contribution in [3.05, 3.63) is 29.8 Å². The zero-order valence-electron chi connectivity index (χ0n) is 11.5. The number of carbonyl (C=O) groups excluding carboxylic acids is 1. The van der Waals surface area contributed by atoms with Crippen molar-refractivity contribution >= 4 is 11.9 Å². The van der Waals surface area contributed by atoms with Gasteiger partial charge in [0.15, 0.2) is 0 Å². The second kappa shape index (κ2) is 6.91. The number of carbonyl (C=O) groups is 2. The van der Waals surface area contributed by atoms with Gasteiger partial charge in [0.05, 0.1) is 17.6 Å². The predicted octanol–water partition coefficient (Wildman–Crippen LogP) is 1.33. The smallest absolute Gasteiger partial charge is 0.338 e. The summed E-state index contributed by atoms with van der Waals surface area (Å²) in [6.45, 7) is 2.84. The number of aliphatic hydroxyl groups excluding tert-OH is 1. The normalized spacial score (nSPS) is 10.9. The molecule has 20 heavy (non-hydrogen) atoms. The molecule has 0 atom stereocenters. The number of carboxylic acid groups (broad SMARTS) is 1. The topological polar surface area (TPSA) is 93.1 Å². The molecule has 1 aromatic carbocycles. The number of hydrogen-bond acceptors (Lipinski definition) is 5. The zero-order valence-corrected chi connectivity index (χ0v) is 11.5. The van der Waals surface area contributed by atoms with Crippen molar-refractivity contribution < 1.29 is 29.3 Å². The molecular weight excluding hydrogens is 264 g/mol. The Morgan fingerprint density at radius 1 is 1.20 bits per heavy atom. The van der Waals surface area contributed by atoms with Crippen molar-refractivity contribution in [2.45, 2.75) is 13.8 Å². The molecule has 0 saturated heterocycles. The van der Waals surface area contributed by atoms with Crippen molar-refractivity contribution in [3.8, 4) is 5.75 Å². The van der Waals surface area contributed by atoms with Crippen LogP contribution in [0.3, 0.4) is 0 Å². The summed E-state index contributed by atoms with van der Waals surface area (Å²) in [5, 5.41) is 17.5. The van der Waals surface area contributed by atoms with E-state index < -0.39 is 17.4 Å². The molecule has 6 heteroatoms. The van der Waals surface area contributed by atoms with Gasteiger partial charge in [-0.3, -0.25) is 4.79 Å². The molecule has 2 N–H and O–H groups in total. The van der Waals surface area contributed by atoms with Crippen LogP contribution in [0.5, 0.6) is 5.75 Å². The Bertz CT molecular complexity index is 463. The van der Waals surface area contributed by atoms with Crippen LogP contribution in [0.25, 0.3) is 0 Å². The SMILES string of the molecule is CC(C)(COC(=O)c1ccc(OCCO)cc1)C(=O)O. The van der Waals surface area contributed by atoms with Gasteiger partial charge in [0.2, 0.25) is 0 Å². The number of rotatable bonds is 7. The van der Waals surface area contributed by atoms with Gasteiger partial charge in [-0.2, -0.15) is 0 Å². The third-order valence-corrected chi connectivity index (χ3v) is 2.59. The summed E-state index contributed by atoms with van der Waals surface area (Å²) >= 11 is 0. The molecule has 0 aliphatic heterocycles. The molecule has 0 unspecified atom stereocenters. The van der Waals surface area contributed by atoms with E-state index in [1.807, 2.05) is 0 Å². The number of aliphatic carboxylic acids is 1. The van der Waals surface area contributed by atoms with Gasteiger partial charge in [0, 0.05) is 0 Å². The summed E-state index contributed by atoms with van der Waals surface area (Å²) in [6.07, 6.45) is 0. The minimum atomic E-state index is -1.13. The first-order valence-corrected chi connectivity index (χ1v) is 6.11. The summed E-state index contributed by atoms with van der Waals surface area (Å²) in [5.74, 6) is -1.09. The summed E-state index contributed by atoms with van der Waals surface area (Å²) in [7, 11) is 0. The zero-order chi connectivity index (χ0) is 15.2. The molecule has 1 aromatic rings. The molecule has 0 heterocycles. The number of ether oxygens (including phenoxy) is 2. The first-order valence-electron chi connectivity index (χ1n) is 6.11. The van der Waals surface area contributed by atoms with Gasteiger partial charge in [-0.1, -0.05) is 0 Å². The van der Waals surface area contributed by atoms with Crippen LogP contribution in [0, 0.1) is 5.41 Å². The quantitative estimate of drug-likeness (QED) is 0.733. The fraction of sp³-hybridized carbons (Fsp3) is 0.429. The molecule has 110 valence electrons. The average Bonchev–Trinajstić information content (AvgIpc) is 2.43. The molecule has 1 rings (SSSR count). The number of aliphatic hydroxyl groups is 1. The van der Waals surface area contributed by atoms with Crippen molar-refractivity contribution in [1.29, 1.82) is 0 Å². The van der Waals surface area contributed by atoms with E-state index in [4.69, 9.17) is 19.7 Å². The second-order valence-electron chi connectivity index (χ2n) is 4.86. The van der Waals surface area contributed by atoms with Crippen molar-refractivity contribution in [2.24, 2.45) is 5.41 Å². The third-order valence-electron chi connectivity index (χ3n) is 2.59. The molecule has 0 bridgehead atoms. The van der Waals surface area contributed by atoms with Crippen molar-refractivity contribution in [2.75, 3.05) is 19.8 Å². The van der Waals surface area contributed by atoms with Crippen LogP contribution >= 0.6 is 0 Å². The molecule has 0 amide bonds. The molecule has 0 aromatic heterocycles. The van der Waals surface area contributed by atoms with Crippen molar-refractivity contribution in [3.63, 3.8) is 0 Å². The Labute approximate surface area is 116 Å². The number of carboxylic acids is 1. The van der Waals surface area contributed by atoms with Gasteiger partial charge in [-0.15, -0.1) is 0 Å². The largest absolute Gasteiger partial charge is 0.491 e. The van der Waals surface area contributed by atoms with Crippen LogP contribution in [0.4, 0.5) is 0 Å². The number of benzene rings is 1. The summed E-state index contributed by atoms with van der Waals surface area (Å²) < 4.78 is 10.1. The highest BCUT2D eigenvalue weighted by molar-refractivity contribution is 5.89. The lowest BCUT2D eigenvalue weighted by Crippen LogP contribution is -2.30.